The summed E-state index contributed by atoms with van der Waals surface area (Å²) in [7, 11) is 8.53. The molecule has 5 aliphatic heterocycles. The fourth-order valence-corrected chi connectivity index (χ4v) is 15.8. The average molecular weight is 1030 g/mol. The largest absolute Gasteiger partial charge is 0.457 e. The van der Waals surface area contributed by atoms with Crippen LogP contribution in [0.5, 0.6) is 11.5 Å². The van der Waals surface area contributed by atoms with E-state index in [2.05, 4.69) is 150 Å². The predicted octanol–water partition coefficient (Wildman–Crippen LogP) is 9.53. The summed E-state index contributed by atoms with van der Waals surface area (Å²) in [5, 5.41) is 9.85. The van der Waals surface area contributed by atoms with Crippen LogP contribution in [0.2, 0.25) is 10.0 Å². The number of aromatic nitrogens is 2. The number of carbonyl (C=O) groups is 1. The first-order chi connectivity index (χ1) is 35.3. The second kappa shape index (κ2) is 20.8. The van der Waals surface area contributed by atoms with Crippen LogP contribution in [0.1, 0.15) is 75.4 Å². The molecule has 6 fully saturated rings. The van der Waals surface area contributed by atoms with Crippen LogP contribution in [-0.4, -0.2) is 137 Å². The maximum atomic E-state index is 17.5. The van der Waals surface area contributed by atoms with E-state index in [4.69, 9.17) is 37.7 Å². The molecule has 5 saturated heterocycles. The molecule has 1 spiro atoms. The van der Waals surface area contributed by atoms with Crippen molar-refractivity contribution < 1.29 is 14.3 Å². The highest BCUT2D eigenvalue weighted by Gasteiger charge is 2.77. The van der Waals surface area contributed by atoms with Crippen LogP contribution in [0.15, 0.2) is 103 Å². The number of nitrogens with zero attached hydrogens (tertiary/aromatic N) is 6. The van der Waals surface area contributed by atoms with Gasteiger partial charge in [0.15, 0.2) is 5.78 Å². The molecule has 1 saturated carbocycles. The number of methoxy groups -OCH3 is 1. The fraction of sp³-hybridized carbons (Fsp3) is 0.533. The lowest BCUT2D eigenvalue weighted by Gasteiger charge is -2.57. The van der Waals surface area contributed by atoms with Gasteiger partial charge in [-0.15, -0.1) is 0 Å². The van der Waals surface area contributed by atoms with E-state index in [1.165, 1.54) is 24.0 Å². The van der Waals surface area contributed by atoms with Gasteiger partial charge in [-0.1, -0.05) is 78.7 Å². The normalized spacial score (nSPS) is 32.8. The highest BCUT2D eigenvalue weighted by atomic mass is 35.5. The second-order valence-electron chi connectivity index (χ2n) is 22.7. The summed E-state index contributed by atoms with van der Waals surface area (Å²) in [6, 6.07) is 33.6. The monoisotopic (exact) mass is 1030 g/mol. The van der Waals surface area contributed by atoms with Crippen LogP contribution in [0, 0.1) is 16.7 Å². The van der Waals surface area contributed by atoms with E-state index < -0.39 is 10.8 Å². The number of likely N-dealkylation sites (N-methyl/N-ethyl adjacent to an activating group) is 2. The van der Waals surface area contributed by atoms with Gasteiger partial charge >= 0.3 is 0 Å². The molecule has 5 aromatic rings. The summed E-state index contributed by atoms with van der Waals surface area (Å²) in [4.78, 5) is 32.8. The van der Waals surface area contributed by atoms with E-state index >= 15 is 4.79 Å². The molecule has 73 heavy (non-hydrogen) atoms. The minimum atomic E-state index is -0.772. The van der Waals surface area contributed by atoms with E-state index in [0.717, 1.165) is 97.5 Å². The number of likely N-dealkylation sites (tertiary alicyclic amines) is 3. The molecule has 1 aromatic heterocycles. The number of imidazole rings is 1. The molecular weight excluding hydrogens is 952 g/mol. The molecule has 0 amide bonds. The Balaban J connectivity index is 1.00. The molecular formula is C60H76Cl2N8O3. The lowest BCUT2D eigenvalue weighted by Crippen LogP contribution is -2.73. The summed E-state index contributed by atoms with van der Waals surface area (Å²) in [5.41, 5.74) is 4.32. The summed E-state index contributed by atoms with van der Waals surface area (Å²) >= 11 is 13.3. The van der Waals surface area contributed by atoms with Crippen LogP contribution in [0.4, 0.5) is 0 Å². The standard InChI is InChI=1S/C60H76Cl2N8O3/c1-8-59-53-30-44(28-40-14-10-9-11-15-40)56(59)66(4)38(2)33-63-52-32-47(29-41-16-21-45(61)22-17-41)67(5)57-49(37-72-7)65-55(60(52,57)58(59)71)39(3)70(53)35-43-18-23-46(62)31-51(43)73-48-24-19-42(20-25-48)50-34-64-54(68(50)6)36-69-26-12-13-27-69/h9-11,14-25,31,34,38-39,44,47,49,52-53,55-57,63,65H,8,12-13,26-30,32-33,35-37H2,1-7H3/t38-,39-,44+,47-,49+,52?,53?,55?,56?,57?,59?,60?/m0/s1. The second-order valence-corrected chi connectivity index (χ2v) is 23.6. The van der Waals surface area contributed by atoms with E-state index in [0.29, 0.717) is 24.0 Å². The number of benzene rings is 4. The van der Waals surface area contributed by atoms with Gasteiger partial charge < -0.3 is 24.7 Å². The number of Topliss-reactive ketones (excluding diaryl/α,β-unsaturated/α-hetero) is 1. The zero-order valence-electron chi connectivity index (χ0n) is 43.9. The van der Waals surface area contributed by atoms with Gasteiger partial charge in [-0.2, -0.15) is 0 Å². The zero-order chi connectivity index (χ0) is 50.8. The van der Waals surface area contributed by atoms with E-state index in [1.807, 2.05) is 30.5 Å². The van der Waals surface area contributed by atoms with Crippen LogP contribution in [0.25, 0.3) is 11.3 Å². The predicted molar refractivity (Wildman–Crippen MR) is 292 cm³/mol. The Hall–Kier alpha value is -4.14. The maximum Gasteiger partial charge on any atom is 0.153 e. The van der Waals surface area contributed by atoms with Crippen molar-refractivity contribution in [1.29, 1.82) is 0 Å². The van der Waals surface area contributed by atoms with Crippen LogP contribution >= 0.6 is 23.2 Å². The zero-order valence-corrected chi connectivity index (χ0v) is 45.5. The number of hydrogen-bond donors (Lipinski definition) is 2. The molecule has 4 aromatic carbocycles. The first kappa shape index (κ1) is 51.0. The van der Waals surface area contributed by atoms with Gasteiger partial charge in [-0.25, -0.2) is 4.98 Å². The molecule has 7 unspecified atom stereocenters. The third-order valence-corrected chi connectivity index (χ3v) is 19.5. The molecule has 6 aliphatic rings. The number of piperidine rings is 1. The first-order valence-corrected chi connectivity index (χ1v) is 27.9. The first-order valence-electron chi connectivity index (χ1n) is 27.2. The van der Waals surface area contributed by atoms with Crippen molar-refractivity contribution in [3.05, 3.63) is 136 Å². The Morgan fingerprint density at radius 1 is 0.822 bits per heavy atom. The third kappa shape index (κ3) is 8.90. The lowest BCUT2D eigenvalue weighted by molar-refractivity contribution is -0.154. The van der Waals surface area contributed by atoms with Gasteiger partial charge in [0.1, 0.15) is 17.3 Å². The van der Waals surface area contributed by atoms with Crippen LogP contribution in [-0.2, 0) is 42.5 Å². The summed E-state index contributed by atoms with van der Waals surface area (Å²) in [6.07, 6.45) is 8.77. The average Bonchev–Trinajstić information content (AvgIpc) is 4.22. The Morgan fingerprint density at radius 3 is 2.27 bits per heavy atom. The van der Waals surface area contributed by atoms with E-state index in [9.17, 15) is 0 Å². The molecule has 12 atom stereocenters. The number of hydrogen-bond acceptors (Lipinski definition) is 10. The van der Waals surface area contributed by atoms with Crippen molar-refractivity contribution in [2.24, 2.45) is 23.8 Å². The SMILES string of the molecule is CCC12C(=O)C34C5C[C@H](Cc6ccc(Cl)cc6)N(C)C3[C@@H](COC)NC4[C@H](C)N(Cc3ccc(Cl)cc3Oc3ccc(-c4cnc(CN6CCCC6)n4C)cc3)C1C[C@@H](Cc1ccccc1)C2N(C)[C@@H](C)CN5. The molecule has 6 heterocycles. The topological polar surface area (TPSA) is 90.4 Å². The van der Waals surface area contributed by atoms with Crippen molar-refractivity contribution >= 4 is 29.0 Å². The Morgan fingerprint density at radius 2 is 1.55 bits per heavy atom. The third-order valence-electron chi connectivity index (χ3n) is 19.1. The fourth-order valence-electron chi connectivity index (χ4n) is 15.6. The maximum absolute atomic E-state index is 17.5. The van der Waals surface area contributed by atoms with E-state index in [1.54, 1.807) is 7.11 Å². The van der Waals surface area contributed by atoms with Crippen molar-refractivity contribution in [1.82, 2.24) is 39.8 Å². The Kier molecular flexibility index (Phi) is 14.5. The number of halogens is 2. The molecule has 2 N–H and O–H groups in total. The molecule has 11 nitrogen and oxygen atoms in total. The number of nitrogens with one attached hydrogen (secondary N) is 2. The molecule has 388 valence electrons. The van der Waals surface area contributed by atoms with E-state index in [-0.39, 0.29) is 60.3 Å². The smallest absolute Gasteiger partial charge is 0.153 e. The number of carbonyl (C=O) groups excluding carboxylic acids is 1. The molecule has 11 rings (SSSR count). The highest BCUT2D eigenvalue weighted by molar-refractivity contribution is 6.31. The molecule has 1 aliphatic carbocycles. The van der Waals surface area contributed by atoms with Crippen LogP contribution in [0.3, 0.4) is 0 Å². The summed E-state index contributed by atoms with van der Waals surface area (Å²) in [5.74, 6) is 3.22. The number of ketones is 1. The van der Waals surface area contributed by atoms with Crippen molar-refractivity contribution in [3.8, 4) is 22.8 Å². The summed E-state index contributed by atoms with van der Waals surface area (Å²) < 4.78 is 15.3. The number of ether oxygens (including phenoxy) is 2. The Labute approximate surface area is 443 Å². The number of rotatable bonds is 14. The van der Waals surface area contributed by atoms with Crippen LogP contribution < -0.4 is 15.4 Å². The van der Waals surface area contributed by atoms with Crippen molar-refractivity contribution in [2.45, 2.75) is 133 Å². The van der Waals surface area contributed by atoms with Gasteiger partial charge in [0, 0.05) is 103 Å². The molecule has 2 bridgehead atoms. The van der Waals surface area contributed by atoms with Gasteiger partial charge in [0.05, 0.1) is 35.9 Å². The minimum absolute atomic E-state index is 0.00276. The quantitative estimate of drug-likeness (QED) is 0.112. The van der Waals surface area contributed by atoms with Gasteiger partial charge in [-0.3, -0.25) is 24.4 Å². The van der Waals surface area contributed by atoms with Gasteiger partial charge in [-0.05, 0) is 152 Å². The van der Waals surface area contributed by atoms with Gasteiger partial charge in [0.2, 0.25) is 0 Å². The van der Waals surface area contributed by atoms with Crippen molar-refractivity contribution in [3.63, 3.8) is 0 Å². The molecule has 13 heteroatoms. The summed E-state index contributed by atoms with van der Waals surface area (Å²) in [6.45, 7) is 12.1. The lowest BCUT2D eigenvalue weighted by atomic mass is 9.54. The van der Waals surface area contributed by atoms with Gasteiger partial charge in [0.25, 0.3) is 0 Å². The molecule has 0 radical (unpaired) electrons. The minimum Gasteiger partial charge on any atom is -0.457 e. The Bertz CT molecular complexity index is 2730. The highest BCUT2D eigenvalue weighted by Crippen LogP contribution is 2.63. The van der Waals surface area contributed by atoms with Crippen molar-refractivity contribution in [2.75, 3.05) is 47.4 Å².